The van der Waals surface area contributed by atoms with Gasteiger partial charge in [-0.1, -0.05) is 6.07 Å². The highest BCUT2D eigenvalue weighted by Crippen LogP contribution is 2.24. The standard InChI is InChI=1S/C20H23FN2O5S/c1-27-17-5-3-7-19(13-17)29(25,26)23-16-4-2-6-18(12-16)28-20(24)22-15-10-8-14(21)9-11-15/h3,5,7-11,13,16,18,23H,2,4,6,12H2,1H3,(H,22,24)/t16-,18-/m1/s1. The van der Waals surface area contributed by atoms with Crippen LogP contribution in [-0.2, 0) is 14.8 Å². The predicted octanol–water partition coefficient (Wildman–Crippen LogP) is 3.67. The first-order valence-electron chi connectivity index (χ1n) is 9.25. The number of hydrogen-bond donors (Lipinski definition) is 2. The van der Waals surface area contributed by atoms with Gasteiger partial charge in [-0.3, -0.25) is 5.32 Å². The summed E-state index contributed by atoms with van der Waals surface area (Å²) in [6, 6.07) is 11.2. The summed E-state index contributed by atoms with van der Waals surface area (Å²) in [5, 5.41) is 2.54. The molecule has 2 N–H and O–H groups in total. The zero-order valence-electron chi connectivity index (χ0n) is 15.9. The Morgan fingerprint density at radius 1 is 1.14 bits per heavy atom. The van der Waals surface area contributed by atoms with Crippen molar-refractivity contribution in [3.63, 3.8) is 0 Å². The van der Waals surface area contributed by atoms with E-state index in [1.807, 2.05) is 0 Å². The highest BCUT2D eigenvalue weighted by molar-refractivity contribution is 7.89. The lowest BCUT2D eigenvalue weighted by molar-refractivity contribution is 0.0793. The fraction of sp³-hybridized carbons (Fsp3) is 0.350. The van der Waals surface area contributed by atoms with Crippen molar-refractivity contribution in [3.8, 4) is 5.75 Å². The van der Waals surface area contributed by atoms with Crippen LogP contribution in [0.4, 0.5) is 14.9 Å². The van der Waals surface area contributed by atoms with Crippen LogP contribution in [0.5, 0.6) is 5.75 Å². The van der Waals surface area contributed by atoms with E-state index in [2.05, 4.69) is 10.0 Å². The molecule has 0 radical (unpaired) electrons. The van der Waals surface area contributed by atoms with E-state index in [0.717, 1.165) is 6.42 Å². The number of methoxy groups -OCH3 is 1. The van der Waals surface area contributed by atoms with Crippen molar-refractivity contribution in [2.75, 3.05) is 12.4 Å². The van der Waals surface area contributed by atoms with E-state index in [9.17, 15) is 17.6 Å². The predicted molar refractivity (Wildman–Crippen MR) is 106 cm³/mol. The first-order chi connectivity index (χ1) is 13.9. The van der Waals surface area contributed by atoms with Crippen LogP contribution in [0.15, 0.2) is 53.4 Å². The quantitative estimate of drug-likeness (QED) is 0.741. The van der Waals surface area contributed by atoms with Crippen molar-refractivity contribution < 1.29 is 27.1 Å². The van der Waals surface area contributed by atoms with Crippen molar-refractivity contribution in [3.05, 3.63) is 54.3 Å². The topological polar surface area (TPSA) is 93.7 Å². The zero-order valence-corrected chi connectivity index (χ0v) is 16.7. The number of ether oxygens (including phenoxy) is 2. The Bertz CT molecular complexity index is 950. The molecule has 7 nitrogen and oxygen atoms in total. The normalized spacial score (nSPS) is 19.4. The second-order valence-electron chi connectivity index (χ2n) is 6.82. The summed E-state index contributed by atoms with van der Waals surface area (Å²) in [5.74, 6) is 0.0533. The van der Waals surface area contributed by atoms with Gasteiger partial charge in [-0.05, 0) is 55.7 Å². The molecule has 0 bridgehead atoms. The molecule has 29 heavy (non-hydrogen) atoms. The molecule has 0 aromatic heterocycles. The molecule has 1 aliphatic carbocycles. The zero-order chi connectivity index (χ0) is 20.9. The van der Waals surface area contributed by atoms with Gasteiger partial charge in [0.15, 0.2) is 0 Å². The number of benzene rings is 2. The minimum Gasteiger partial charge on any atom is -0.497 e. The summed E-state index contributed by atoms with van der Waals surface area (Å²) >= 11 is 0. The lowest BCUT2D eigenvalue weighted by Gasteiger charge is -2.29. The fourth-order valence-electron chi connectivity index (χ4n) is 3.25. The molecule has 0 aliphatic heterocycles. The summed E-state index contributed by atoms with van der Waals surface area (Å²) in [4.78, 5) is 12.2. The highest BCUT2D eigenvalue weighted by Gasteiger charge is 2.28. The Balaban J connectivity index is 1.57. The van der Waals surface area contributed by atoms with Gasteiger partial charge in [0.05, 0.1) is 12.0 Å². The molecule has 9 heteroatoms. The molecule has 2 atom stereocenters. The monoisotopic (exact) mass is 422 g/mol. The molecule has 3 rings (SSSR count). The van der Waals surface area contributed by atoms with Gasteiger partial charge in [-0.2, -0.15) is 0 Å². The van der Waals surface area contributed by atoms with Gasteiger partial charge in [0.25, 0.3) is 0 Å². The van der Waals surface area contributed by atoms with Crippen LogP contribution in [0.25, 0.3) is 0 Å². The maximum atomic E-state index is 12.9. The number of sulfonamides is 1. The lowest BCUT2D eigenvalue weighted by Crippen LogP contribution is -2.41. The third-order valence-electron chi connectivity index (χ3n) is 4.66. The van der Waals surface area contributed by atoms with Gasteiger partial charge in [0.2, 0.25) is 10.0 Å². The number of amides is 1. The van der Waals surface area contributed by atoms with Crippen LogP contribution < -0.4 is 14.8 Å². The van der Waals surface area contributed by atoms with Gasteiger partial charge in [0.1, 0.15) is 17.7 Å². The van der Waals surface area contributed by atoms with Crippen molar-refractivity contribution in [1.29, 1.82) is 0 Å². The molecule has 2 aromatic carbocycles. The van der Waals surface area contributed by atoms with Gasteiger partial charge in [-0.15, -0.1) is 0 Å². The van der Waals surface area contributed by atoms with Gasteiger partial charge < -0.3 is 9.47 Å². The van der Waals surface area contributed by atoms with Crippen molar-refractivity contribution in [2.24, 2.45) is 0 Å². The van der Waals surface area contributed by atoms with Crippen LogP contribution in [0.1, 0.15) is 25.7 Å². The summed E-state index contributed by atoms with van der Waals surface area (Å²) < 4.78 is 51.4. The first kappa shape index (κ1) is 21.1. The lowest BCUT2D eigenvalue weighted by atomic mass is 9.94. The van der Waals surface area contributed by atoms with Crippen molar-refractivity contribution >= 4 is 21.8 Å². The van der Waals surface area contributed by atoms with Crippen molar-refractivity contribution in [2.45, 2.75) is 42.7 Å². The maximum absolute atomic E-state index is 12.9. The number of anilines is 1. The van der Waals surface area contributed by atoms with E-state index in [1.54, 1.807) is 12.1 Å². The number of halogens is 1. The Morgan fingerprint density at radius 2 is 1.90 bits per heavy atom. The van der Waals surface area contributed by atoms with Crippen molar-refractivity contribution in [1.82, 2.24) is 4.72 Å². The third kappa shape index (κ3) is 5.91. The average molecular weight is 422 g/mol. The minimum absolute atomic E-state index is 0.119. The Kier molecular flexibility index (Phi) is 6.71. The summed E-state index contributed by atoms with van der Waals surface area (Å²) in [7, 11) is -2.25. The summed E-state index contributed by atoms with van der Waals surface area (Å²) in [5.41, 5.74) is 0.419. The molecule has 156 valence electrons. The summed E-state index contributed by atoms with van der Waals surface area (Å²) in [6.07, 6.45) is 1.33. The van der Waals surface area contributed by atoms with Crippen LogP contribution in [0.2, 0.25) is 0 Å². The molecule has 0 unspecified atom stereocenters. The number of hydrogen-bond acceptors (Lipinski definition) is 5. The van der Waals surface area contributed by atoms with Gasteiger partial charge in [-0.25, -0.2) is 22.3 Å². The number of nitrogens with one attached hydrogen (secondary N) is 2. The SMILES string of the molecule is COc1cccc(S(=O)(=O)N[C@@H]2CCC[C@@H](OC(=O)Nc3ccc(F)cc3)C2)c1. The number of carbonyl (C=O) groups is 1. The van der Waals surface area contributed by atoms with E-state index in [4.69, 9.17) is 9.47 Å². The molecule has 0 spiro atoms. The molecule has 0 saturated heterocycles. The number of rotatable bonds is 6. The Labute approximate surface area is 169 Å². The van der Waals surface area contributed by atoms with Crippen LogP contribution >= 0.6 is 0 Å². The largest absolute Gasteiger partial charge is 0.497 e. The van der Waals surface area contributed by atoms with Gasteiger partial charge >= 0.3 is 6.09 Å². The molecule has 2 aromatic rings. The Morgan fingerprint density at radius 3 is 2.62 bits per heavy atom. The number of carbonyl (C=O) groups excluding carboxylic acids is 1. The van der Waals surface area contributed by atoms with Gasteiger partial charge in [0, 0.05) is 24.2 Å². The fourth-order valence-corrected chi connectivity index (χ4v) is 4.56. The van der Waals surface area contributed by atoms with Crippen LogP contribution in [0.3, 0.4) is 0 Å². The molecular weight excluding hydrogens is 399 g/mol. The molecule has 0 heterocycles. The van der Waals surface area contributed by atoms with E-state index in [-0.39, 0.29) is 10.9 Å². The van der Waals surface area contributed by atoms with Crippen LogP contribution in [0, 0.1) is 5.82 Å². The third-order valence-corrected chi connectivity index (χ3v) is 6.18. The molecule has 1 fully saturated rings. The average Bonchev–Trinajstić information content (AvgIpc) is 2.69. The highest BCUT2D eigenvalue weighted by atomic mass is 32.2. The second kappa shape index (κ2) is 9.23. The molecule has 1 amide bonds. The molecule has 1 saturated carbocycles. The second-order valence-corrected chi connectivity index (χ2v) is 8.54. The Hall–Kier alpha value is -2.65. The van der Waals surface area contributed by atoms with E-state index < -0.39 is 28.0 Å². The molecule has 1 aliphatic rings. The summed E-state index contributed by atoms with van der Waals surface area (Å²) in [6.45, 7) is 0. The van der Waals surface area contributed by atoms with E-state index >= 15 is 0 Å². The van der Waals surface area contributed by atoms with E-state index in [0.29, 0.717) is 30.7 Å². The van der Waals surface area contributed by atoms with Crippen LogP contribution in [-0.4, -0.2) is 33.8 Å². The maximum Gasteiger partial charge on any atom is 0.411 e. The smallest absolute Gasteiger partial charge is 0.411 e. The first-order valence-corrected chi connectivity index (χ1v) is 10.7. The molecular formula is C20H23FN2O5S. The minimum atomic E-state index is -3.72. The van der Waals surface area contributed by atoms with E-state index in [1.165, 1.54) is 43.5 Å².